The minimum Gasteiger partial charge on any atom is -0.342 e. The molecule has 1 heterocycles. The number of thiocarbonyl (C=S) groups is 1. The summed E-state index contributed by atoms with van der Waals surface area (Å²) >= 11 is 11.5. The van der Waals surface area contributed by atoms with Crippen LogP contribution in [0.4, 0.5) is 10.1 Å². The summed E-state index contributed by atoms with van der Waals surface area (Å²) < 4.78 is 13.1. The van der Waals surface area contributed by atoms with E-state index in [1.54, 1.807) is 30.3 Å². The zero-order valence-electron chi connectivity index (χ0n) is 14.6. The van der Waals surface area contributed by atoms with Crippen LogP contribution in [0.1, 0.15) is 19.2 Å². The molecule has 27 heavy (non-hydrogen) atoms. The van der Waals surface area contributed by atoms with Crippen LogP contribution in [0.2, 0.25) is 5.02 Å². The first kappa shape index (κ1) is 19.3. The molecule has 0 aliphatic rings. The zero-order valence-corrected chi connectivity index (χ0v) is 16.2. The van der Waals surface area contributed by atoms with Gasteiger partial charge in [-0.05, 0) is 61.1 Å². The molecule has 0 fully saturated rings. The lowest BCUT2D eigenvalue weighted by molar-refractivity contribution is 0.406. The Hall–Kier alpha value is -2.51. The molecule has 3 aromatic rings. The molecular formula is C19H18ClFN4OS. The van der Waals surface area contributed by atoms with Crippen molar-refractivity contribution in [3.63, 3.8) is 0 Å². The van der Waals surface area contributed by atoms with Gasteiger partial charge in [0, 0.05) is 17.3 Å². The van der Waals surface area contributed by atoms with Crippen LogP contribution in [0.25, 0.3) is 10.9 Å². The molecule has 140 valence electrons. The van der Waals surface area contributed by atoms with Gasteiger partial charge >= 0.3 is 0 Å². The van der Waals surface area contributed by atoms with Gasteiger partial charge in [0.25, 0.3) is 5.56 Å². The second kappa shape index (κ2) is 8.45. The molecule has 0 radical (unpaired) electrons. The van der Waals surface area contributed by atoms with Crippen LogP contribution in [-0.4, -0.2) is 26.5 Å². The average molecular weight is 405 g/mol. The molecule has 0 amide bonds. The molecule has 3 rings (SSSR count). The third-order valence-corrected chi connectivity index (χ3v) is 4.53. The number of aromatic nitrogens is 2. The van der Waals surface area contributed by atoms with E-state index in [9.17, 15) is 9.18 Å². The first-order valence-electron chi connectivity index (χ1n) is 8.46. The lowest BCUT2D eigenvalue weighted by atomic mass is 10.2. The Morgan fingerprint density at radius 3 is 2.74 bits per heavy atom. The predicted molar refractivity (Wildman–Crippen MR) is 111 cm³/mol. The van der Waals surface area contributed by atoms with Crippen molar-refractivity contribution in [3.8, 4) is 0 Å². The number of fused-ring (bicyclic) bond motifs is 1. The number of hydrogen-bond donors (Lipinski definition) is 2. The second-order valence-corrected chi connectivity index (χ2v) is 6.86. The van der Waals surface area contributed by atoms with Crippen LogP contribution in [0.3, 0.4) is 0 Å². The van der Waals surface area contributed by atoms with Crippen LogP contribution in [0, 0.1) is 5.82 Å². The van der Waals surface area contributed by atoms with Crippen LogP contribution in [0.15, 0.2) is 47.3 Å². The average Bonchev–Trinajstić information content (AvgIpc) is 2.63. The van der Waals surface area contributed by atoms with Gasteiger partial charge in [-0.2, -0.15) is 0 Å². The molecule has 2 aromatic carbocycles. The van der Waals surface area contributed by atoms with E-state index in [0.717, 1.165) is 6.42 Å². The topological polar surface area (TPSA) is 61.0 Å². The van der Waals surface area contributed by atoms with E-state index in [2.05, 4.69) is 15.3 Å². The maximum Gasteiger partial charge on any atom is 0.258 e. The molecule has 8 heteroatoms. The van der Waals surface area contributed by atoms with Gasteiger partial charge in [0.05, 0.1) is 17.4 Å². The zero-order chi connectivity index (χ0) is 19.4. The van der Waals surface area contributed by atoms with Crippen LogP contribution in [0.5, 0.6) is 0 Å². The van der Waals surface area contributed by atoms with Crippen molar-refractivity contribution in [1.82, 2.24) is 14.9 Å². The molecular weight excluding hydrogens is 387 g/mol. The van der Waals surface area contributed by atoms with E-state index < -0.39 is 0 Å². The number of benzene rings is 2. The Morgan fingerprint density at radius 2 is 2.04 bits per heavy atom. The van der Waals surface area contributed by atoms with E-state index >= 15 is 0 Å². The predicted octanol–water partition coefficient (Wildman–Crippen LogP) is 4.32. The van der Waals surface area contributed by atoms with Gasteiger partial charge in [-0.15, -0.1) is 0 Å². The Morgan fingerprint density at radius 1 is 1.30 bits per heavy atom. The number of nitrogens with one attached hydrogen (secondary N) is 2. The van der Waals surface area contributed by atoms with Crippen molar-refractivity contribution < 1.29 is 4.39 Å². The number of halogens is 2. The van der Waals surface area contributed by atoms with Gasteiger partial charge in [-0.25, -0.2) is 9.37 Å². The number of aromatic amines is 1. The normalized spacial score (nSPS) is 10.8. The largest absolute Gasteiger partial charge is 0.342 e. The summed E-state index contributed by atoms with van der Waals surface area (Å²) in [5.74, 6) is 0.181. The van der Waals surface area contributed by atoms with Gasteiger partial charge < -0.3 is 15.2 Å². The summed E-state index contributed by atoms with van der Waals surface area (Å²) in [5.41, 5.74) is 1.00. The first-order chi connectivity index (χ1) is 13.0. The molecule has 0 aliphatic heterocycles. The quantitative estimate of drug-likeness (QED) is 0.620. The highest BCUT2D eigenvalue weighted by Gasteiger charge is 2.13. The van der Waals surface area contributed by atoms with Crippen molar-refractivity contribution in [2.75, 3.05) is 11.9 Å². The van der Waals surface area contributed by atoms with E-state index in [1.807, 2.05) is 11.8 Å². The Bertz CT molecular complexity index is 1020. The SMILES string of the molecule is CCCN(Cc1nc2cc(Cl)ccc2c(=O)[nH]1)C(=S)Nc1ccc(F)cc1. The highest BCUT2D eigenvalue weighted by molar-refractivity contribution is 7.80. The van der Waals surface area contributed by atoms with Gasteiger partial charge in [0.15, 0.2) is 5.11 Å². The lowest BCUT2D eigenvalue weighted by Gasteiger charge is -2.25. The summed E-state index contributed by atoms with van der Waals surface area (Å²) in [6.45, 7) is 3.03. The van der Waals surface area contributed by atoms with E-state index in [4.69, 9.17) is 23.8 Å². The molecule has 5 nitrogen and oxygen atoms in total. The van der Waals surface area contributed by atoms with E-state index in [0.29, 0.717) is 45.6 Å². The smallest absolute Gasteiger partial charge is 0.258 e. The minimum atomic E-state index is -0.312. The van der Waals surface area contributed by atoms with Crippen molar-refractivity contribution in [1.29, 1.82) is 0 Å². The summed E-state index contributed by atoms with van der Waals surface area (Å²) in [5, 5.41) is 4.56. The van der Waals surface area contributed by atoms with Crippen LogP contribution in [-0.2, 0) is 6.54 Å². The molecule has 1 aromatic heterocycles. The summed E-state index contributed by atoms with van der Waals surface area (Å²) in [6, 6.07) is 10.9. The standard InChI is InChI=1S/C19H18ClFN4OS/c1-2-9-25(19(27)22-14-6-4-13(21)5-7-14)11-17-23-16-10-12(20)3-8-15(16)18(26)24-17/h3-8,10H,2,9,11H2,1H3,(H,22,27)(H,23,24,26). The number of hydrogen-bond acceptors (Lipinski definition) is 3. The van der Waals surface area contributed by atoms with Crippen molar-refractivity contribution in [2.24, 2.45) is 0 Å². The number of nitrogens with zero attached hydrogens (tertiary/aromatic N) is 2. The van der Waals surface area contributed by atoms with Gasteiger partial charge in [0.2, 0.25) is 0 Å². The number of rotatable bonds is 5. The third kappa shape index (κ3) is 4.81. The van der Waals surface area contributed by atoms with Gasteiger partial charge in [-0.1, -0.05) is 18.5 Å². The number of anilines is 1. The molecule has 0 spiro atoms. The highest BCUT2D eigenvalue weighted by Crippen LogP contribution is 2.15. The number of H-pyrrole nitrogens is 1. The molecule has 0 saturated heterocycles. The highest BCUT2D eigenvalue weighted by atomic mass is 35.5. The summed E-state index contributed by atoms with van der Waals surface area (Å²) in [4.78, 5) is 21.5. The first-order valence-corrected chi connectivity index (χ1v) is 9.25. The molecule has 0 aliphatic carbocycles. The summed E-state index contributed by atoms with van der Waals surface area (Å²) in [6.07, 6.45) is 0.856. The fourth-order valence-electron chi connectivity index (χ4n) is 2.67. The fraction of sp³-hybridized carbons (Fsp3) is 0.211. The monoisotopic (exact) mass is 404 g/mol. The summed E-state index contributed by atoms with van der Waals surface area (Å²) in [7, 11) is 0. The molecule has 0 atom stereocenters. The van der Waals surface area contributed by atoms with Gasteiger partial charge in [-0.3, -0.25) is 4.79 Å². The van der Waals surface area contributed by atoms with E-state index in [-0.39, 0.29) is 11.4 Å². The lowest BCUT2D eigenvalue weighted by Crippen LogP contribution is -2.36. The molecule has 0 saturated carbocycles. The second-order valence-electron chi connectivity index (χ2n) is 6.03. The van der Waals surface area contributed by atoms with Crippen LogP contribution < -0.4 is 10.9 Å². The third-order valence-electron chi connectivity index (χ3n) is 3.93. The fourth-order valence-corrected chi connectivity index (χ4v) is 3.11. The molecule has 0 bridgehead atoms. The molecule has 2 N–H and O–H groups in total. The Labute approximate surface area is 166 Å². The van der Waals surface area contributed by atoms with Crippen molar-refractivity contribution in [2.45, 2.75) is 19.9 Å². The van der Waals surface area contributed by atoms with Crippen molar-refractivity contribution >= 4 is 45.5 Å². The maximum atomic E-state index is 13.1. The minimum absolute atomic E-state index is 0.222. The van der Waals surface area contributed by atoms with Crippen LogP contribution >= 0.6 is 23.8 Å². The van der Waals surface area contributed by atoms with E-state index in [1.165, 1.54) is 12.1 Å². The Balaban J connectivity index is 1.83. The Kier molecular flexibility index (Phi) is 6.03. The maximum absolute atomic E-state index is 13.1. The molecule has 0 unspecified atom stereocenters. The van der Waals surface area contributed by atoms with Gasteiger partial charge in [0.1, 0.15) is 11.6 Å². The van der Waals surface area contributed by atoms with Crippen molar-refractivity contribution in [3.05, 3.63) is 69.5 Å².